The SMILES string of the molecule is SSc1ccccc1SS. The lowest BCUT2D eigenvalue weighted by Crippen LogP contribution is -1.70. The van der Waals surface area contributed by atoms with Gasteiger partial charge in [-0.3, -0.25) is 0 Å². The molecule has 0 aliphatic heterocycles. The lowest BCUT2D eigenvalue weighted by molar-refractivity contribution is 1.27. The summed E-state index contributed by atoms with van der Waals surface area (Å²) >= 11 is 8.21. The molecule has 0 saturated heterocycles. The zero-order valence-corrected chi connectivity index (χ0v) is 8.44. The first-order valence-electron chi connectivity index (χ1n) is 2.60. The maximum Gasteiger partial charge on any atom is 0.0324 e. The molecule has 0 heterocycles. The van der Waals surface area contributed by atoms with Gasteiger partial charge in [0.25, 0.3) is 0 Å². The lowest BCUT2D eigenvalue weighted by Gasteiger charge is -1.99. The molecule has 0 N–H and O–H groups in total. The molecule has 4 heteroatoms. The summed E-state index contributed by atoms with van der Waals surface area (Å²) in [6, 6.07) is 8.03. The maximum atomic E-state index is 4.10. The first kappa shape index (κ1) is 8.71. The van der Waals surface area contributed by atoms with Crippen molar-refractivity contribution in [2.75, 3.05) is 0 Å². The van der Waals surface area contributed by atoms with Gasteiger partial charge in [0.2, 0.25) is 0 Å². The van der Waals surface area contributed by atoms with Crippen LogP contribution in [0.25, 0.3) is 0 Å². The van der Waals surface area contributed by atoms with Gasteiger partial charge in [-0.25, -0.2) is 0 Å². The average molecular weight is 206 g/mol. The molecular formula is C6H6S4. The smallest absolute Gasteiger partial charge is 0.0324 e. The molecular weight excluding hydrogens is 200 g/mol. The molecule has 0 aliphatic rings. The third-order valence-electron chi connectivity index (χ3n) is 1.05. The van der Waals surface area contributed by atoms with Crippen molar-refractivity contribution >= 4 is 44.9 Å². The number of hydrogen-bond donors (Lipinski definition) is 2. The van der Waals surface area contributed by atoms with Crippen molar-refractivity contribution < 1.29 is 0 Å². The van der Waals surface area contributed by atoms with E-state index in [0.717, 1.165) is 9.79 Å². The predicted octanol–water partition coefficient (Wildman–Crippen LogP) is 3.56. The first-order valence-corrected chi connectivity index (χ1v) is 6.34. The molecule has 0 amide bonds. The monoisotopic (exact) mass is 206 g/mol. The number of hydrogen-bond acceptors (Lipinski definition) is 4. The van der Waals surface area contributed by atoms with E-state index in [1.807, 2.05) is 24.3 Å². The zero-order valence-electron chi connectivity index (χ0n) is 5.02. The fourth-order valence-corrected chi connectivity index (χ4v) is 2.77. The lowest BCUT2D eigenvalue weighted by atomic mass is 10.4. The molecule has 1 aromatic rings. The summed E-state index contributed by atoms with van der Waals surface area (Å²) in [7, 11) is 2.89. The Balaban J connectivity index is 2.96. The van der Waals surface area contributed by atoms with E-state index >= 15 is 0 Å². The van der Waals surface area contributed by atoms with Crippen molar-refractivity contribution in [1.29, 1.82) is 0 Å². The van der Waals surface area contributed by atoms with Crippen LogP contribution in [0.4, 0.5) is 0 Å². The van der Waals surface area contributed by atoms with Gasteiger partial charge in [-0.1, -0.05) is 33.7 Å². The summed E-state index contributed by atoms with van der Waals surface area (Å²) in [5, 5.41) is 0. The van der Waals surface area contributed by atoms with Crippen LogP contribution < -0.4 is 0 Å². The molecule has 0 saturated carbocycles. The normalized spacial score (nSPS) is 9.80. The average Bonchev–Trinajstić information content (AvgIpc) is 2.04. The first-order chi connectivity index (χ1) is 4.88. The van der Waals surface area contributed by atoms with Crippen LogP contribution in [0.15, 0.2) is 34.1 Å². The minimum Gasteiger partial charge on any atom is -0.106 e. The Labute approximate surface area is 78.8 Å². The molecule has 1 rings (SSSR count). The minimum absolute atomic E-state index is 1.16. The second-order valence-corrected chi connectivity index (χ2v) is 3.97. The molecule has 10 heavy (non-hydrogen) atoms. The Hall–Kier alpha value is 0.620. The Morgan fingerprint density at radius 3 is 1.60 bits per heavy atom. The van der Waals surface area contributed by atoms with Gasteiger partial charge in [-0.05, 0) is 12.1 Å². The van der Waals surface area contributed by atoms with Gasteiger partial charge in [0.05, 0.1) is 0 Å². The van der Waals surface area contributed by atoms with E-state index in [-0.39, 0.29) is 0 Å². The van der Waals surface area contributed by atoms with Crippen LogP contribution in [-0.2, 0) is 0 Å². The van der Waals surface area contributed by atoms with Gasteiger partial charge in [0, 0.05) is 9.79 Å². The highest BCUT2D eigenvalue weighted by Gasteiger charge is 1.96. The topological polar surface area (TPSA) is 0 Å². The minimum atomic E-state index is 1.16. The van der Waals surface area contributed by atoms with E-state index in [9.17, 15) is 0 Å². The maximum absolute atomic E-state index is 4.10. The zero-order chi connectivity index (χ0) is 7.40. The van der Waals surface area contributed by atoms with Crippen LogP contribution in [-0.4, -0.2) is 0 Å². The van der Waals surface area contributed by atoms with Gasteiger partial charge >= 0.3 is 0 Å². The van der Waals surface area contributed by atoms with Crippen LogP contribution in [0.3, 0.4) is 0 Å². The fourth-order valence-electron chi connectivity index (χ4n) is 0.601. The molecule has 1 aromatic carbocycles. The van der Waals surface area contributed by atoms with Crippen LogP contribution in [0, 0.1) is 0 Å². The van der Waals surface area contributed by atoms with Crippen LogP contribution in [0.5, 0.6) is 0 Å². The summed E-state index contributed by atoms with van der Waals surface area (Å²) < 4.78 is 0. The van der Waals surface area contributed by atoms with Gasteiger partial charge in [-0.2, -0.15) is 0 Å². The highest BCUT2D eigenvalue weighted by atomic mass is 33.1. The summed E-state index contributed by atoms with van der Waals surface area (Å²) in [6.45, 7) is 0. The highest BCUT2D eigenvalue weighted by Crippen LogP contribution is 2.33. The molecule has 0 fully saturated rings. The van der Waals surface area contributed by atoms with Gasteiger partial charge in [0.15, 0.2) is 0 Å². The second kappa shape index (κ2) is 4.49. The van der Waals surface area contributed by atoms with Crippen LogP contribution in [0.2, 0.25) is 0 Å². The third kappa shape index (κ3) is 2.05. The van der Waals surface area contributed by atoms with Crippen molar-refractivity contribution in [2.45, 2.75) is 9.79 Å². The van der Waals surface area contributed by atoms with E-state index < -0.39 is 0 Å². The molecule has 0 spiro atoms. The second-order valence-electron chi connectivity index (χ2n) is 1.63. The molecule has 0 unspecified atom stereocenters. The van der Waals surface area contributed by atoms with Crippen molar-refractivity contribution in [1.82, 2.24) is 0 Å². The highest BCUT2D eigenvalue weighted by molar-refractivity contribution is 8.70. The van der Waals surface area contributed by atoms with E-state index in [2.05, 4.69) is 23.3 Å². The fraction of sp³-hybridized carbons (Fsp3) is 0. The Kier molecular flexibility index (Phi) is 3.91. The van der Waals surface area contributed by atoms with Crippen molar-refractivity contribution in [3.63, 3.8) is 0 Å². The Bertz CT molecular complexity index is 188. The van der Waals surface area contributed by atoms with E-state index in [1.54, 1.807) is 0 Å². The van der Waals surface area contributed by atoms with E-state index in [1.165, 1.54) is 21.6 Å². The molecule has 0 aliphatic carbocycles. The van der Waals surface area contributed by atoms with Crippen LogP contribution in [0.1, 0.15) is 0 Å². The quantitative estimate of drug-likeness (QED) is 0.561. The number of benzene rings is 1. The summed E-state index contributed by atoms with van der Waals surface area (Å²) in [4.78, 5) is 2.32. The van der Waals surface area contributed by atoms with Gasteiger partial charge in [-0.15, -0.1) is 23.3 Å². The van der Waals surface area contributed by atoms with Gasteiger partial charge in [0.1, 0.15) is 0 Å². The largest absolute Gasteiger partial charge is 0.106 e. The number of thiol groups is 2. The summed E-state index contributed by atoms with van der Waals surface area (Å²) in [5.74, 6) is 0. The molecule has 54 valence electrons. The third-order valence-corrected chi connectivity index (χ3v) is 3.46. The van der Waals surface area contributed by atoms with E-state index in [0.29, 0.717) is 0 Å². The molecule has 0 atom stereocenters. The van der Waals surface area contributed by atoms with Gasteiger partial charge < -0.3 is 0 Å². The Morgan fingerprint density at radius 2 is 1.30 bits per heavy atom. The van der Waals surface area contributed by atoms with Crippen molar-refractivity contribution in [2.24, 2.45) is 0 Å². The molecule has 0 aromatic heterocycles. The summed E-state index contributed by atoms with van der Waals surface area (Å²) in [6.07, 6.45) is 0. The van der Waals surface area contributed by atoms with Crippen LogP contribution >= 0.6 is 44.9 Å². The standard InChI is InChI=1S/C6H6S4/c7-9-5-3-1-2-4-6(5)10-8/h1-4,7-8H. The molecule has 0 radical (unpaired) electrons. The Morgan fingerprint density at radius 1 is 0.900 bits per heavy atom. The number of rotatable bonds is 2. The summed E-state index contributed by atoms with van der Waals surface area (Å²) in [5.41, 5.74) is 0. The molecule has 0 bridgehead atoms. The van der Waals surface area contributed by atoms with Crippen molar-refractivity contribution in [3.8, 4) is 0 Å². The molecule has 0 nitrogen and oxygen atoms in total. The van der Waals surface area contributed by atoms with Crippen molar-refractivity contribution in [3.05, 3.63) is 24.3 Å². The van der Waals surface area contributed by atoms with E-state index in [4.69, 9.17) is 0 Å². The predicted molar refractivity (Wildman–Crippen MR) is 56.1 cm³/mol.